The molecule has 2 aromatic carbocycles. The fourth-order valence-electron chi connectivity index (χ4n) is 5.46. The molecule has 0 bridgehead atoms. The number of benzene rings is 2. The van der Waals surface area contributed by atoms with Crippen molar-refractivity contribution in [3.63, 3.8) is 0 Å². The summed E-state index contributed by atoms with van der Waals surface area (Å²) in [6, 6.07) is 11.8. The fourth-order valence-corrected chi connectivity index (χ4v) is 5.46. The van der Waals surface area contributed by atoms with Crippen LogP contribution in [0.25, 0.3) is 0 Å². The van der Waals surface area contributed by atoms with E-state index in [-0.39, 0.29) is 11.8 Å². The molecule has 0 saturated carbocycles. The SMILES string of the molecule is COc1ccc(CNC(=O)[C@@H]2C[C@H](CN3CCOCC3)CN(Cc3ccc(OC)c(OC)c3)C2)cc1OC. The molecule has 0 unspecified atom stereocenters. The number of rotatable bonds is 11. The number of carbonyl (C=O) groups is 1. The maximum absolute atomic E-state index is 13.4. The molecule has 9 heteroatoms. The van der Waals surface area contributed by atoms with Crippen molar-refractivity contribution >= 4 is 5.91 Å². The first-order valence-electron chi connectivity index (χ1n) is 13.2. The monoisotopic (exact) mass is 527 g/mol. The van der Waals surface area contributed by atoms with E-state index >= 15 is 0 Å². The number of piperidine rings is 1. The molecular weight excluding hydrogens is 486 g/mol. The quantitative estimate of drug-likeness (QED) is 0.478. The zero-order valence-electron chi connectivity index (χ0n) is 23.0. The van der Waals surface area contributed by atoms with Crippen LogP contribution in [-0.2, 0) is 22.6 Å². The normalized spacial score (nSPS) is 20.5. The van der Waals surface area contributed by atoms with Gasteiger partial charge in [0.15, 0.2) is 23.0 Å². The van der Waals surface area contributed by atoms with E-state index < -0.39 is 0 Å². The highest BCUT2D eigenvalue weighted by molar-refractivity contribution is 5.79. The lowest BCUT2D eigenvalue weighted by molar-refractivity contribution is -0.128. The second-order valence-electron chi connectivity index (χ2n) is 10.0. The minimum Gasteiger partial charge on any atom is -0.493 e. The molecule has 38 heavy (non-hydrogen) atoms. The van der Waals surface area contributed by atoms with Gasteiger partial charge < -0.3 is 29.0 Å². The van der Waals surface area contributed by atoms with Crippen LogP contribution in [0.5, 0.6) is 23.0 Å². The summed E-state index contributed by atoms with van der Waals surface area (Å²) in [5.41, 5.74) is 2.11. The molecule has 0 radical (unpaired) electrons. The van der Waals surface area contributed by atoms with E-state index in [1.54, 1.807) is 28.4 Å². The highest BCUT2D eigenvalue weighted by Gasteiger charge is 2.33. The van der Waals surface area contributed by atoms with Gasteiger partial charge in [-0.3, -0.25) is 14.6 Å². The molecular formula is C29H41N3O6. The molecule has 208 valence electrons. The number of nitrogens with zero attached hydrogens (tertiary/aromatic N) is 2. The maximum Gasteiger partial charge on any atom is 0.224 e. The first-order valence-corrected chi connectivity index (χ1v) is 13.2. The van der Waals surface area contributed by atoms with Gasteiger partial charge in [0.25, 0.3) is 0 Å². The van der Waals surface area contributed by atoms with Crippen molar-refractivity contribution in [2.45, 2.75) is 19.5 Å². The second kappa shape index (κ2) is 13.7. The molecule has 1 amide bonds. The van der Waals surface area contributed by atoms with Crippen molar-refractivity contribution in [2.75, 3.05) is 74.4 Å². The van der Waals surface area contributed by atoms with Gasteiger partial charge in [0.2, 0.25) is 5.91 Å². The lowest BCUT2D eigenvalue weighted by atomic mass is 9.87. The van der Waals surface area contributed by atoms with E-state index in [2.05, 4.69) is 21.2 Å². The van der Waals surface area contributed by atoms with Gasteiger partial charge in [-0.25, -0.2) is 0 Å². The Kier molecular flexibility index (Phi) is 10.1. The van der Waals surface area contributed by atoms with Gasteiger partial charge in [0.1, 0.15) is 0 Å². The molecule has 2 atom stereocenters. The number of likely N-dealkylation sites (tertiary alicyclic amines) is 1. The molecule has 1 N–H and O–H groups in total. The minimum atomic E-state index is -0.0879. The number of morpholine rings is 1. The molecule has 0 aliphatic carbocycles. The summed E-state index contributed by atoms with van der Waals surface area (Å²) in [5.74, 6) is 3.16. The molecule has 2 fully saturated rings. The van der Waals surface area contributed by atoms with Crippen LogP contribution in [0.1, 0.15) is 17.5 Å². The summed E-state index contributed by atoms with van der Waals surface area (Å²) in [6.07, 6.45) is 0.873. The van der Waals surface area contributed by atoms with Crippen LogP contribution in [-0.4, -0.2) is 90.1 Å². The third-order valence-corrected chi connectivity index (χ3v) is 7.37. The Morgan fingerprint density at radius 2 is 1.45 bits per heavy atom. The van der Waals surface area contributed by atoms with Crippen molar-refractivity contribution < 1.29 is 28.5 Å². The molecule has 4 rings (SSSR count). The van der Waals surface area contributed by atoms with Crippen LogP contribution in [0.3, 0.4) is 0 Å². The van der Waals surface area contributed by atoms with Gasteiger partial charge in [-0.2, -0.15) is 0 Å². The summed E-state index contributed by atoms with van der Waals surface area (Å²) < 4.78 is 27.2. The fraction of sp³-hybridized carbons (Fsp3) is 0.552. The van der Waals surface area contributed by atoms with Gasteiger partial charge in [-0.1, -0.05) is 12.1 Å². The molecule has 2 aliphatic rings. The summed E-state index contributed by atoms with van der Waals surface area (Å²) in [7, 11) is 6.52. The third kappa shape index (κ3) is 7.30. The van der Waals surface area contributed by atoms with Crippen molar-refractivity contribution in [1.82, 2.24) is 15.1 Å². The minimum absolute atomic E-state index is 0.0868. The van der Waals surface area contributed by atoms with Crippen LogP contribution < -0.4 is 24.3 Å². The van der Waals surface area contributed by atoms with Crippen molar-refractivity contribution in [3.05, 3.63) is 47.5 Å². The van der Waals surface area contributed by atoms with E-state index in [0.717, 1.165) is 69.2 Å². The van der Waals surface area contributed by atoms with Crippen LogP contribution in [0.2, 0.25) is 0 Å². The lowest BCUT2D eigenvalue weighted by Crippen LogP contribution is -2.49. The molecule has 0 aromatic heterocycles. The van der Waals surface area contributed by atoms with Crippen LogP contribution in [0, 0.1) is 11.8 Å². The first kappa shape index (κ1) is 28.0. The Morgan fingerprint density at radius 1 is 0.842 bits per heavy atom. The van der Waals surface area contributed by atoms with Crippen molar-refractivity contribution in [1.29, 1.82) is 0 Å². The number of amides is 1. The van der Waals surface area contributed by atoms with Gasteiger partial charge in [0, 0.05) is 45.8 Å². The van der Waals surface area contributed by atoms with Crippen LogP contribution in [0.15, 0.2) is 36.4 Å². The average molecular weight is 528 g/mol. The Morgan fingerprint density at radius 3 is 2.08 bits per heavy atom. The van der Waals surface area contributed by atoms with E-state index in [1.165, 1.54) is 0 Å². The zero-order valence-corrected chi connectivity index (χ0v) is 23.0. The molecule has 0 spiro atoms. The van der Waals surface area contributed by atoms with E-state index in [0.29, 0.717) is 36.3 Å². The van der Waals surface area contributed by atoms with Gasteiger partial charge in [0.05, 0.1) is 47.6 Å². The van der Waals surface area contributed by atoms with E-state index in [4.69, 9.17) is 23.7 Å². The Bertz CT molecular complexity index is 1060. The van der Waals surface area contributed by atoms with Crippen LogP contribution in [0.4, 0.5) is 0 Å². The summed E-state index contributed by atoms with van der Waals surface area (Å²) in [6.45, 7) is 7.28. The number of hydrogen-bond acceptors (Lipinski definition) is 8. The summed E-state index contributed by atoms with van der Waals surface area (Å²) >= 11 is 0. The highest BCUT2D eigenvalue weighted by atomic mass is 16.5. The highest BCUT2D eigenvalue weighted by Crippen LogP contribution is 2.31. The van der Waals surface area contributed by atoms with Gasteiger partial charge in [-0.05, 0) is 47.7 Å². The predicted molar refractivity (Wildman–Crippen MR) is 145 cm³/mol. The topological polar surface area (TPSA) is 81.7 Å². The maximum atomic E-state index is 13.4. The van der Waals surface area contributed by atoms with Crippen LogP contribution >= 0.6 is 0 Å². The van der Waals surface area contributed by atoms with E-state index in [9.17, 15) is 4.79 Å². The third-order valence-electron chi connectivity index (χ3n) is 7.37. The molecule has 9 nitrogen and oxygen atoms in total. The first-order chi connectivity index (χ1) is 18.5. The summed E-state index contributed by atoms with van der Waals surface area (Å²) in [5, 5.41) is 3.17. The number of hydrogen-bond donors (Lipinski definition) is 1. The second-order valence-corrected chi connectivity index (χ2v) is 10.0. The van der Waals surface area contributed by atoms with Crippen molar-refractivity contribution in [3.8, 4) is 23.0 Å². The van der Waals surface area contributed by atoms with E-state index in [1.807, 2.05) is 30.3 Å². The zero-order chi connectivity index (χ0) is 26.9. The Balaban J connectivity index is 1.43. The summed E-state index contributed by atoms with van der Waals surface area (Å²) in [4.78, 5) is 18.3. The Hall–Kier alpha value is -3.01. The Labute approximate surface area is 225 Å². The number of nitrogens with one attached hydrogen (secondary N) is 1. The number of carbonyl (C=O) groups excluding carboxylic acids is 1. The molecule has 2 aliphatic heterocycles. The predicted octanol–water partition coefficient (Wildman–Crippen LogP) is 2.81. The van der Waals surface area contributed by atoms with Crippen molar-refractivity contribution in [2.24, 2.45) is 11.8 Å². The molecule has 2 saturated heterocycles. The number of methoxy groups -OCH3 is 4. The molecule has 2 aromatic rings. The smallest absolute Gasteiger partial charge is 0.224 e. The number of ether oxygens (including phenoxy) is 5. The lowest BCUT2D eigenvalue weighted by Gasteiger charge is -2.40. The molecule has 2 heterocycles. The van der Waals surface area contributed by atoms with Gasteiger partial charge in [-0.15, -0.1) is 0 Å². The van der Waals surface area contributed by atoms with Gasteiger partial charge >= 0.3 is 0 Å². The standard InChI is InChI=1S/C29H41N3O6/c1-34-25-7-5-21(14-27(25)36-3)16-30-29(33)24-13-23(18-31-9-11-38-12-10-31)19-32(20-24)17-22-6-8-26(35-2)28(15-22)37-4/h5-8,14-15,23-24H,9-13,16-20H2,1-4H3,(H,30,33)/t23-,24-/m1/s1. The largest absolute Gasteiger partial charge is 0.493 e. The average Bonchev–Trinajstić information content (AvgIpc) is 2.96.